The van der Waals surface area contributed by atoms with Gasteiger partial charge in [0.2, 0.25) is 0 Å². The maximum Gasteiger partial charge on any atom is 0.168 e. The molecule has 1 aliphatic heterocycles. The highest BCUT2D eigenvalue weighted by atomic mass is 16.7. The average Bonchev–Trinajstić information content (AvgIpc) is 2.80. The van der Waals surface area contributed by atoms with Crippen molar-refractivity contribution in [1.29, 1.82) is 0 Å². The molecular weight excluding hydrogens is 154 g/mol. The van der Waals surface area contributed by atoms with E-state index in [1.165, 1.54) is 12.8 Å². The number of nitrogens with two attached hydrogens (primary N) is 1. The molecule has 1 saturated carbocycles. The van der Waals surface area contributed by atoms with Gasteiger partial charge in [-0.2, -0.15) is 0 Å². The lowest BCUT2D eigenvalue weighted by Crippen LogP contribution is -2.29. The van der Waals surface area contributed by atoms with Gasteiger partial charge in [-0.3, -0.25) is 0 Å². The summed E-state index contributed by atoms with van der Waals surface area (Å²) in [5.74, 6) is 0.361. The molecule has 3 nitrogen and oxygen atoms in total. The monoisotopic (exact) mass is 171 g/mol. The summed E-state index contributed by atoms with van der Waals surface area (Å²) in [4.78, 5) is 0. The van der Waals surface area contributed by atoms with Crippen LogP contribution in [-0.4, -0.2) is 25.0 Å². The van der Waals surface area contributed by atoms with Crippen molar-refractivity contribution in [2.24, 2.45) is 11.7 Å². The molecule has 0 radical (unpaired) electrons. The minimum absolute atomic E-state index is 0.237. The lowest BCUT2D eigenvalue weighted by molar-refractivity contribution is -0.169. The van der Waals surface area contributed by atoms with Gasteiger partial charge in [-0.05, 0) is 32.7 Å². The molecule has 0 amide bonds. The molecule has 2 atom stereocenters. The van der Waals surface area contributed by atoms with Gasteiger partial charge in [-0.1, -0.05) is 0 Å². The van der Waals surface area contributed by atoms with Crippen molar-refractivity contribution in [3.63, 3.8) is 0 Å². The Hall–Kier alpha value is -0.120. The summed E-state index contributed by atoms with van der Waals surface area (Å²) in [5, 5.41) is 0. The van der Waals surface area contributed by atoms with E-state index in [0.717, 1.165) is 13.0 Å². The smallest absolute Gasteiger partial charge is 0.168 e. The van der Waals surface area contributed by atoms with Crippen LogP contribution in [0.25, 0.3) is 0 Å². The molecule has 0 bridgehead atoms. The number of hydrogen-bond acceptors (Lipinski definition) is 3. The molecule has 0 aromatic rings. The number of rotatable bonds is 3. The Balaban J connectivity index is 1.87. The van der Waals surface area contributed by atoms with Crippen LogP contribution in [0.2, 0.25) is 0 Å². The first-order chi connectivity index (χ1) is 5.74. The van der Waals surface area contributed by atoms with Gasteiger partial charge in [-0.15, -0.1) is 0 Å². The van der Waals surface area contributed by atoms with Gasteiger partial charge in [0, 0.05) is 5.92 Å². The van der Waals surface area contributed by atoms with Crippen molar-refractivity contribution in [3.8, 4) is 0 Å². The minimum Gasteiger partial charge on any atom is -0.347 e. The van der Waals surface area contributed by atoms with Crippen LogP contribution in [0.5, 0.6) is 0 Å². The second kappa shape index (κ2) is 2.98. The maximum absolute atomic E-state index is 5.81. The lowest BCUT2D eigenvalue weighted by atomic mass is 10.2. The van der Waals surface area contributed by atoms with Gasteiger partial charge in [0.15, 0.2) is 5.79 Å². The van der Waals surface area contributed by atoms with Gasteiger partial charge in [-0.25, -0.2) is 0 Å². The summed E-state index contributed by atoms with van der Waals surface area (Å²) >= 11 is 0. The van der Waals surface area contributed by atoms with Crippen LogP contribution < -0.4 is 5.73 Å². The van der Waals surface area contributed by atoms with Crippen LogP contribution in [0.4, 0.5) is 0 Å². The Morgan fingerprint density at radius 3 is 2.83 bits per heavy atom. The highest BCUT2D eigenvalue weighted by Gasteiger charge is 2.48. The minimum atomic E-state index is -0.278. The summed E-state index contributed by atoms with van der Waals surface area (Å²) in [6.07, 6.45) is 3.67. The molecule has 2 fully saturated rings. The van der Waals surface area contributed by atoms with Gasteiger partial charge < -0.3 is 15.2 Å². The Morgan fingerprint density at radius 2 is 2.25 bits per heavy atom. The van der Waals surface area contributed by atoms with E-state index in [1.807, 2.05) is 0 Å². The van der Waals surface area contributed by atoms with Crippen LogP contribution in [0, 0.1) is 5.92 Å². The molecule has 2 aliphatic rings. The molecule has 2 unspecified atom stereocenters. The molecule has 12 heavy (non-hydrogen) atoms. The van der Waals surface area contributed by atoms with E-state index < -0.39 is 0 Å². The van der Waals surface area contributed by atoms with E-state index >= 15 is 0 Å². The third kappa shape index (κ3) is 1.49. The molecule has 3 heteroatoms. The standard InChI is InChI=1S/C9H17NO2/c1-9(7-2-3-7)11-6-8(12-9)4-5-10/h7-8H,2-6,10H2,1H3. The summed E-state index contributed by atoms with van der Waals surface area (Å²) in [7, 11) is 0. The van der Waals surface area contributed by atoms with Crippen molar-refractivity contribution < 1.29 is 9.47 Å². The first-order valence-corrected chi connectivity index (χ1v) is 4.76. The van der Waals surface area contributed by atoms with Crippen LogP contribution in [-0.2, 0) is 9.47 Å². The highest BCUT2D eigenvalue weighted by Crippen LogP contribution is 2.45. The first kappa shape index (κ1) is 8.48. The fourth-order valence-corrected chi connectivity index (χ4v) is 1.81. The summed E-state index contributed by atoms with van der Waals surface area (Å²) in [6.45, 7) is 3.47. The number of ether oxygens (including phenoxy) is 2. The van der Waals surface area contributed by atoms with Crippen molar-refractivity contribution >= 4 is 0 Å². The first-order valence-electron chi connectivity index (χ1n) is 4.76. The van der Waals surface area contributed by atoms with E-state index in [9.17, 15) is 0 Å². The molecule has 1 heterocycles. The lowest BCUT2D eigenvalue weighted by Gasteiger charge is -2.22. The topological polar surface area (TPSA) is 44.5 Å². The second-order valence-corrected chi connectivity index (χ2v) is 3.92. The molecule has 0 aromatic heterocycles. The van der Waals surface area contributed by atoms with E-state index in [1.54, 1.807) is 0 Å². The Bertz CT molecular complexity index is 170. The number of hydrogen-bond donors (Lipinski definition) is 1. The van der Waals surface area contributed by atoms with Crippen molar-refractivity contribution in [1.82, 2.24) is 0 Å². The summed E-state index contributed by atoms with van der Waals surface area (Å²) in [5.41, 5.74) is 5.45. The maximum atomic E-state index is 5.81. The van der Waals surface area contributed by atoms with Crippen molar-refractivity contribution in [2.75, 3.05) is 13.2 Å². The van der Waals surface area contributed by atoms with Gasteiger partial charge in [0.25, 0.3) is 0 Å². The predicted octanol–water partition coefficient (Wildman–Crippen LogP) is 0.877. The third-order valence-electron chi connectivity index (χ3n) is 2.76. The van der Waals surface area contributed by atoms with Gasteiger partial charge >= 0.3 is 0 Å². The van der Waals surface area contributed by atoms with Crippen molar-refractivity contribution in [2.45, 2.75) is 38.1 Å². The van der Waals surface area contributed by atoms with Gasteiger partial charge in [0.05, 0.1) is 12.7 Å². The summed E-state index contributed by atoms with van der Waals surface area (Å²) in [6, 6.07) is 0. The normalized spacial score (nSPS) is 42.0. The van der Waals surface area contributed by atoms with Crippen LogP contribution in [0.1, 0.15) is 26.2 Å². The molecule has 1 saturated heterocycles. The zero-order valence-electron chi connectivity index (χ0n) is 7.58. The molecule has 2 rings (SSSR count). The largest absolute Gasteiger partial charge is 0.347 e. The van der Waals surface area contributed by atoms with E-state index in [-0.39, 0.29) is 11.9 Å². The zero-order chi connectivity index (χ0) is 8.60. The quantitative estimate of drug-likeness (QED) is 0.685. The van der Waals surface area contributed by atoms with Gasteiger partial charge in [0.1, 0.15) is 0 Å². The molecule has 1 aliphatic carbocycles. The van der Waals surface area contributed by atoms with E-state index in [4.69, 9.17) is 15.2 Å². The Labute approximate surface area is 73.2 Å². The molecular formula is C9H17NO2. The average molecular weight is 171 g/mol. The molecule has 0 aromatic carbocycles. The fourth-order valence-electron chi connectivity index (χ4n) is 1.81. The van der Waals surface area contributed by atoms with Crippen LogP contribution in [0.3, 0.4) is 0 Å². The zero-order valence-corrected chi connectivity index (χ0v) is 7.58. The predicted molar refractivity (Wildman–Crippen MR) is 45.6 cm³/mol. The molecule has 70 valence electrons. The van der Waals surface area contributed by atoms with E-state index in [2.05, 4.69) is 6.92 Å². The van der Waals surface area contributed by atoms with Crippen LogP contribution in [0.15, 0.2) is 0 Å². The summed E-state index contributed by atoms with van der Waals surface area (Å²) < 4.78 is 11.5. The fraction of sp³-hybridized carbons (Fsp3) is 1.00. The molecule has 2 N–H and O–H groups in total. The van der Waals surface area contributed by atoms with Crippen molar-refractivity contribution in [3.05, 3.63) is 0 Å². The molecule has 0 spiro atoms. The Kier molecular flexibility index (Phi) is 2.10. The van der Waals surface area contributed by atoms with Crippen LogP contribution >= 0.6 is 0 Å². The van der Waals surface area contributed by atoms with E-state index in [0.29, 0.717) is 12.5 Å². The third-order valence-corrected chi connectivity index (χ3v) is 2.76. The highest BCUT2D eigenvalue weighted by molar-refractivity contribution is 4.90. The Morgan fingerprint density at radius 1 is 1.50 bits per heavy atom. The SMILES string of the molecule is CC1(C2CC2)OCC(CCN)O1. The second-order valence-electron chi connectivity index (χ2n) is 3.92.